The van der Waals surface area contributed by atoms with Crippen molar-refractivity contribution in [2.24, 2.45) is 0 Å². The molecule has 0 aliphatic heterocycles. The monoisotopic (exact) mass is 285 g/mol. The van der Waals surface area contributed by atoms with Gasteiger partial charge in [0.25, 0.3) is 0 Å². The highest BCUT2D eigenvalue weighted by Gasteiger charge is 2.13. The molecule has 1 aromatic carbocycles. The van der Waals surface area contributed by atoms with Gasteiger partial charge in [0.1, 0.15) is 0 Å². The molecule has 2 aromatic rings. The van der Waals surface area contributed by atoms with Crippen molar-refractivity contribution < 1.29 is 9.53 Å². The van der Waals surface area contributed by atoms with E-state index in [1.54, 1.807) is 30.6 Å². The van der Waals surface area contributed by atoms with Crippen LogP contribution < -0.4 is 11.1 Å². The van der Waals surface area contributed by atoms with Gasteiger partial charge >= 0.3 is 5.97 Å². The zero-order valence-electron chi connectivity index (χ0n) is 12.0. The van der Waals surface area contributed by atoms with Crippen LogP contribution in [-0.2, 0) is 11.3 Å². The van der Waals surface area contributed by atoms with Gasteiger partial charge in [0.05, 0.1) is 12.2 Å². The van der Waals surface area contributed by atoms with Crippen molar-refractivity contribution in [3.8, 4) is 0 Å². The van der Waals surface area contributed by atoms with Crippen molar-refractivity contribution >= 4 is 17.3 Å². The maximum atomic E-state index is 12.1. The van der Waals surface area contributed by atoms with Gasteiger partial charge < -0.3 is 15.8 Å². The first-order chi connectivity index (χ1) is 10.2. The quantitative estimate of drug-likeness (QED) is 0.630. The Balaban J connectivity index is 2.13. The zero-order valence-corrected chi connectivity index (χ0v) is 12.0. The molecule has 1 aromatic heterocycles. The molecule has 0 amide bonds. The Morgan fingerprint density at radius 3 is 2.95 bits per heavy atom. The molecule has 21 heavy (non-hydrogen) atoms. The second-order valence-electron chi connectivity index (χ2n) is 4.66. The summed E-state index contributed by atoms with van der Waals surface area (Å²) in [6.07, 6.45) is 4.28. The van der Waals surface area contributed by atoms with E-state index in [1.165, 1.54) is 0 Å². The molecule has 0 saturated carbocycles. The molecule has 0 radical (unpaired) electrons. The first kappa shape index (κ1) is 14.8. The summed E-state index contributed by atoms with van der Waals surface area (Å²) in [6, 6.07) is 9.00. The van der Waals surface area contributed by atoms with E-state index in [0.717, 1.165) is 12.0 Å². The predicted molar refractivity (Wildman–Crippen MR) is 83.0 cm³/mol. The molecule has 5 heteroatoms. The van der Waals surface area contributed by atoms with Gasteiger partial charge in [0, 0.05) is 30.3 Å². The lowest BCUT2D eigenvalue weighted by Crippen LogP contribution is -2.11. The fourth-order valence-corrected chi connectivity index (χ4v) is 1.86. The second-order valence-corrected chi connectivity index (χ2v) is 4.66. The number of carbonyl (C=O) groups excluding carboxylic acids is 1. The molecule has 0 aliphatic carbocycles. The minimum absolute atomic E-state index is 0.363. The Kier molecular flexibility index (Phi) is 5.15. The Hall–Kier alpha value is -2.56. The van der Waals surface area contributed by atoms with Gasteiger partial charge in [-0.1, -0.05) is 13.0 Å². The van der Waals surface area contributed by atoms with E-state index in [2.05, 4.69) is 10.3 Å². The van der Waals surface area contributed by atoms with Crippen LogP contribution in [0.2, 0.25) is 0 Å². The Morgan fingerprint density at radius 1 is 1.38 bits per heavy atom. The lowest BCUT2D eigenvalue weighted by atomic mass is 10.1. The van der Waals surface area contributed by atoms with E-state index in [-0.39, 0.29) is 5.97 Å². The minimum Gasteiger partial charge on any atom is -0.462 e. The first-order valence-corrected chi connectivity index (χ1v) is 6.90. The first-order valence-electron chi connectivity index (χ1n) is 6.90. The van der Waals surface area contributed by atoms with Crippen molar-refractivity contribution in [3.63, 3.8) is 0 Å². The van der Waals surface area contributed by atoms with Crippen LogP contribution in [0.15, 0.2) is 42.7 Å². The summed E-state index contributed by atoms with van der Waals surface area (Å²) in [4.78, 5) is 16.1. The van der Waals surface area contributed by atoms with E-state index in [9.17, 15) is 4.79 Å². The summed E-state index contributed by atoms with van der Waals surface area (Å²) in [6.45, 7) is 2.93. The van der Waals surface area contributed by atoms with Crippen molar-refractivity contribution in [3.05, 3.63) is 53.9 Å². The highest BCUT2D eigenvalue weighted by Crippen LogP contribution is 2.21. The maximum Gasteiger partial charge on any atom is 0.340 e. The summed E-state index contributed by atoms with van der Waals surface area (Å²) in [7, 11) is 0. The largest absolute Gasteiger partial charge is 0.462 e. The third-order valence-corrected chi connectivity index (χ3v) is 2.91. The van der Waals surface area contributed by atoms with E-state index in [1.807, 2.05) is 19.1 Å². The highest BCUT2D eigenvalue weighted by molar-refractivity contribution is 5.96. The van der Waals surface area contributed by atoms with Gasteiger partial charge in [0.15, 0.2) is 0 Å². The second kappa shape index (κ2) is 7.28. The number of pyridine rings is 1. The van der Waals surface area contributed by atoms with E-state index in [0.29, 0.717) is 30.1 Å². The molecular weight excluding hydrogens is 266 g/mol. The van der Waals surface area contributed by atoms with Crippen LogP contribution in [0.25, 0.3) is 0 Å². The van der Waals surface area contributed by atoms with Crippen molar-refractivity contribution in [2.45, 2.75) is 19.9 Å². The van der Waals surface area contributed by atoms with Gasteiger partial charge in [-0.2, -0.15) is 0 Å². The topological polar surface area (TPSA) is 77.2 Å². The van der Waals surface area contributed by atoms with Crippen LogP contribution in [0.5, 0.6) is 0 Å². The number of nitrogens with two attached hydrogens (primary N) is 1. The fraction of sp³-hybridized carbons (Fsp3) is 0.250. The van der Waals surface area contributed by atoms with Gasteiger partial charge in [-0.05, 0) is 36.2 Å². The van der Waals surface area contributed by atoms with E-state index >= 15 is 0 Å². The smallest absolute Gasteiger partial charge is 0.340 e. The molecule has 5 nitrogen and oxygen atoms in total. The number of benzene rings is 1. The summed E-state index contributed by atoms with van der Waals surface area (Å²) in [5, 5.41) is 3.22. The maximum absolute atomic E-state index is 12.1. The lowest BCUT2D eigenvalue weighted by molar-refractivity contribution is 0.0506. The molecule has 0 atom stereocenters. The van der Waals surface area contributed by atoms with Crippen LogP contribution in [-0.4, -0.2) is 17.6 Å². The average molecular weight is 285 g/mol. The number of hydrogen-bond donors (Lipinski definition) is 2. The number of nitrogen functional groups attached to an aromatic ring is 1. The number of ether oxygens (including phenoxy) is 1. The molecule has 0 unspecified atom stereocenters. The van der Waals surface area contributed by atoms with Crippen LogP contribution in [0.4, 0.5) is 11.4 Å². The molecule has 0 saturated heterocycles. The number of esters is 1. The molecule has 0 bridgehead atoms. The molecular formula is C16H19N3O2. The number of anilines is 2. The van der Waals surface area contributed by atoms with E-state index in [4.69, 9.17) is 10.5 Å². The summed E-state index contributed by atoms with van der Waals surface area (Å²) < 4.78 is 5.18. The van der Waals surface area contributed by atoms with Crippen molar-refractivity contribution in [2.75, 3.05) is 17.7 Å². The van der Waals surface area contributed by atoms with Crippen LogP contribution >= 0.6 is 0 Å². The summed E-state index contributed by atoms with van der Waals surface area (Å²) in [5.74, 6) is -0.363. The Labute approximate surface area is 124 Å². The molecule has 1 heterocycles. The van der Waals surface area contributed by atoms with Gasteiger partial charge in [0.2, 0.25) is 0 Å². The molecule has 0 spiro atoms. The molecule has 0 fully saturated rings. The van der Waals surface area contributed by atoms with Gasteiger partial charge in [-0.15, -0.1) is 0 Å². The fourth-order valence-electron chi connectivity index (χ4n) is 1.86. The minimum atomic E-state index is -0.363. The van der Waals surface area contributed by atoms with Crippen LogP contribution in [0.1, 0.15) is 29.3 Å². The van der Waals surface area contributed by atoms with Gasteiger partial charge in [-0.25, -0.2) is 4.79 Å². The standard InChI is InChI=1S/C16H19N3O2/c1-2-8-21-16(20)14-9-13(17)5-6-15(14)19-11-12-4-3-7-18-10-12/h3-7,9-10,19H,2,8,11,17H2,1H3. The number of carbonyl (C=O) groups is 1. The average Bonchev–Trinajstić information content (AvgIpc) is 2.52. The number of rotatable bonds is 6. The SMILES string of the molecule is CCCOC(=O)c1cc(N)ccc1NCc1cccnc1. The number of aromatic nitrogens is 1. The van der Waals surface area contributed by atoms with Crippen LogP contribution in [0, 0.1) is 0 Å². The lowest BCUT2D eigenvalue weighted by Gasteiger charge is -2.12. The molecule has 0 aliphatic rings. The molecule has 3 N–H and O–H groups in total. The van der Waals surface area contributed by atoms with Crippen molar-refractivity contribution in [1.82, 2.24) is 4.98 Å². The highest BCUT2D eigenvalue weighted by atomic mass is 16.5. The molecule has 110 valence electrons. The third kappa shape index (κ3) is 4.21. The summed E-state index contributed by atoms with van der Waals surface area (Å²) >= 11 is 0. The number of nitrogens with zero attached hydrogens (tertiary/aromatic N) is 1. The Bertz CT molecular complexity index is 600. The third-order valence-electron chi connectivity index (χ3n) is 2.91. The zero-order chi connectivity index (χ0) is 15.1. The molecule has 2 rings (SSSR count). The predicted octanol–water partition coefficient (Wildman–Crippen LogP) is 2.84. The Morgan fingerprint density at radius 2 is 2.24 bits per heavy atom. The normalized spacial score (nSPS) is 10.1. The van der Waals surface area contributed by atoms with Crippen LogP contribution in [0.3, 0.4) is 0 Å². The van der Waals surface area contributed by atoms with E-state index < -0.39 is 0 Å². The number of hydrogen-bond acceptors (Lipinski definition) is 5. The summed E-state index contributed by atoms with van der Waals surface area (Å²) in [5.41, 5.74) is 8.47. The van der Waals surface area contributed by atoms with Gasteiger partial charge in [-0.3, -0.25) is 4.98 Å². The number of nitrogens with one attached hydrogen (secondary N) is 1. The van der Waals surface area contributed by atoms with Crippen molar-refractivity contribution in [1.29, 1.82) is 0 Å².